The largest absolute Gasteiger partial charge is 0.497 e. The third-order valence-electron chi connectivity index (χ3n) is 4.24. The Bertz CT molecular complexity index is 653. The molecular weight excluding hydrogens is 330 g/mol. The van der Waals surface area contributed by atoms with Gasteiger partial charge in [0.05, 0.1) is 19.0 Å². The Hall–Kier alpha value is -2.37. The van der Waals surface area contributed by atoms with Gasteiger partial charge in [-0.1, -0.05) is 50.7 Å². The van der Waals surface area contributed by atoms with Gasteiger partial charge in [0.2, 0.25) is 0 Å². The highest BCUT2D eigenvalue weighted by molar-refractivity contribution is 5.69. The first kappa shape index (κ1) is 19.9. The molecule has 2 aromatic rings. The number of ether oxygens (including phenoxy) is 2. The van der Waals surface area contributed by atoms with Crippen LogP contribution in [-0.2, 0) is 16.1 Å². The minimum atomic E-state index is -0.169. The fourth-order valence-corrected chi connectivity index (χ4v) is 2.68. The molecule has 0 aliphatic heterocycles. The van der Waals surface area contributed by atoms with Gasteiger partial charge in [-0.05, 0) is 30.7 Å². The Morgan fingerprint density at radius 2 is 1.73 bits per heavy atom. The minimum Gasteiger partial charge on any atom is -0.497 e. The molecule has 0 aliphatic carbocycles. The van der Waals surface area contributed by atoms with Crippen molar-refractivity contribution >= 4 is 5.97 Å². The van der Waals surface area contributed by atoms with Gasteiger partial charge in [-0.3, -0.25) is 4.79 Å². The molecule has 0 spiro atoms. The van der Waals surface area contributed by atoms with Crippen LogP contribution in [0.25, 0.3) is 5.69 Å². The Labute approximate surface area is 155 Å². The third kappa shape index (κ3) is 6.86. The van der Waals surface area contributed by atoms with Crippen LogP contribution in [0.2, 0.25) is 0 Å². The summed E-state index contributed by atoms with van der Waals surface area (Å²) in [6.45, 7) is 2.37. The molecule has 0 saturated carbocycles. The Morgan fingerprint density at radius 1 is 1.04 bits per heavy atom. The lowest BCUT2D eigenvalue weighted by atomic mass is 10.1. The maximum absolute atomic E-state index is 11.8. The van der Waals surface area contributed by atoms with Crippen LogP contribution in [0.15, 0.2) is 30.5 Å². The van der Waals surface area contributed by atoms with Crippen molar-refractivity contribution in [2.24, 2.45) is 0 Å². The molecule has 26 heavy (non-hydrogen) atoms. The number of unbranched alkanes of at least 4 members (excludes halogenated alkanes) is 6. The summed E-state index contributed by atoms with van der Waals surface area (Å²) in [5.74, 6) is 0.617. The molecular formula is C20H29N3O3. The molecule has 0 aliphatic rings. The molecule has 0 amide bonds. The van der Waals surface area contributed by atoms with E-state index in [4.69, 9.17) is 9.47 Å². The predicted octanol–water partition coefficient (Wildman–Crippen LogP) is 4.46. The van der Waals surface area contributed by atoms with E-state index in [2.05, 4.69) is 17.2 Å². The lowest BCUT2D eigenvalue weighted by molar-refractivity contribution is -0.145. The summed E-state index contributed by atoms with van der Waals surface area (Å²) in [6.07, 6.45) is 10.5. The number of hydrogen-bond acceptors (Lipinski definition) is 5. The summed E-state index contributed by atoms with van der Waals surface area (Å²) in [4.78, 5) is 11.8. The summed E-state index contributed by atoms with van der Waals surface area (Å²) >= 11 is 0. The number of rotatable bonds is 12. The Balaban J connectivity index is 1.66. The molecule has 2 rings (SSSR count). The van der Waals surface area contributed by atoms with Crippen LogP contribution in [0.4, 0.5) is 0 Å². The lowest BCUT2D eigenvalue weighted by Crippen LogP contribution is -2.04. The van der Waals surface area contributed by atoms with Gasteiger partial charge in [0, 0.05) is 6.42 Å². The first-order valence-corrected chi connectivity index (χ1v) is 9.44. The molecule has 1 heterocycles. The van der Waals surface area contributed by atoms with Gasteiger partial charge in [-0.15, -0.1) is 5.10 Å². The molecule has 1 aromatic heterocycles. The summed E-state index contributed by atoms with van der Waals surface area (Å²) in [5, 5.41) is 8.12. The number of aromatic nitrogens is 3. The molecule has 0 N–H and O–H groups in total. The molecule has 1 aromatic carbocycles. The van der Waals surface area contributed by atoms with E-state index in [1.54, 1.807) is 18.0 Å². The van der Waals surface area contributed by atoms with E-state index < -0.39 is 0 Å². The van der Waals surface area contributed by atoms with E-state index in [0.29, 0.717) is 12.1 Å². The van der Waals surface area contributed by atoms with Crippen LogP contribution < -0.4 is 4.74 Å². The van der Waals surface area contributed by atoms with Crippen molar-refractivity contribution in [3.8, 4) is 11.4 Å². The zero-order valence-electron chi connectivity index (χ0n) is 15.8. The number of esters is 1. The predicted molar refractivity (Wildman–Crippen MR) is 100 cm³/mol. The normalized spacial score (nSPS) is 10.7. The average Bonchev–Trinajstić information content (AvgIpc) is 3.15. The summed E-state index contributed by atoms with van der Waals surface area (Å²) in [7, 11) is 1.63. The summed E-state index contributed by atoms with van der Waals surface area (Å²) in [6, 6.07) is 7.51. The van der Waals surface area contributed by atoms with Crippen molar-refractivity contribution in [2.75, 3.05) is 7.11 Å². The van der Waals surface area contributed by atoms with E-state index in [1.165, 1.54) is 32.1 Å². The fourth-order valence-electron chi connectivity index (χ4n) is 2.68. The van der Waals surface area contributed by atoms with Crippen LogP contribution in [0, 0.1) is 0 Å². The maximum Gasteiger partial charge on any atom is 0.306 e. The van der Waals surface area contributed by atoms with Crippen molar-refractivity contribution in [3.63, 3.8) is 0 Å². The molecule has 0 radical (unpaired) electrons. The van der Waals surface area contributed by atoms with E-state index in [0.717, 1.165) is 24.3 Å². The smallest absolute Gasteiger partial charge is 0.306 e. The van der Waals surface area contributed by atoms with Crippen molar-refractivity contribution in [3.05, 3.63) is 36.2 Å². The lowest BCUT2D eigenvalue weighted by Gasteiger charge is -2.03. The van der Waals surface area contributed by atoms with Gasteiger partial charge in [0.15, 0.2) is 0 Å². The number of methoxy groups -OCH3 is 1. The van der Waals surface area contributed by atoms with E-state index in [1.807, 2.05) is 24.3 Å². The van der Waals surface area contributed by atoms with Crippen molar-refractivity contribution in [2.45, 2.75) is 64.9 Å². The first-order chi connectivity index (χ1) is 12.7. The Morgan fingerprint density at radius 3 is 2.42 bits per heavy atom. The molecule has 0 bridgehead atoms. The van der Waals surface area contributed by atoms with Gasteiger partial charge in [-0.25, -0.2) is 4.68 Å². The Kier molecular flexibility index (Phi) is 8.66. The van der Waals surface area contributed by atoms with Gasteiger partial charge < -0.3 is 9.47 Å². The number of carbonyl (C=O) groups excluding carboxylic acids is 1. The molecule has 6 nitrogen and oxygen atoms in total. The van der Waals surface area contributed by atoms with Crippen LogP contribution in [0.5, 0.6) is 5.75 Å². The molecule has 0 atom stereocenters. The van der Waals surface area contributed by atoms with Crippen molar-refractivity contribution < 1.29 is 14.3 Å². The number of carbonyl (C=O) groups is 1. The highest BCUT2D eigenvalue weighted by Crippen LogP contribution is 2.14. The van der Waals surface area contributed by atoms with E-state index in [9.17, 15) is 4.79 Å². The second-order valence-electron chi connectivity index (χ2n) is 6.38. The second kappa shape index (κ2) is 11.3. The molecule has 6 heteroatoms. The molecule has 142 valence electrons. The summed E-state index contributed by atoms with van der Waals surface area (Å²) in [5.41, 5.74) is 1.51. The van der Waals surface area contributed by atoms with Gasteiger partial charge in [0.25, 0.3) is 0 Å². The molecule has 0 fully saturated rings. The average molecular weight is 359 g/mol. The SMILES string of the molecule is CCCCCCCCCC(=O)OCc1cn(-c2ccc(OC)cc2)nn1. The van der Waals surface area contributed by atoms with Gasteiger partial charge in [-0.2, -0.15) is 0 Å². The van der Waals surface area contributed by atoms with Gasteiger partial charge in [0.1, 0.15) is 18.1 Å². The maximum atomic E-state index is 11.8. The monoisotopic (exact) mass is 359 g/mol. The first-order valence-electron chi connectivity index (χ1n) is 9.44. The highest BCUT2D eigenvalue weighted by atomic mass is 16.5. The van der Waals surface area contributed by atoms with Crippen LogP contribution in [-0.4, -0.2) is 28.1 Å². The topological polar surface area (TPSA) is 66.2 Å². The van der Waals surface area contributed by atoms with Crippen LogP contribution >= 0.6 is 0 Å². The standard InChI is InChI=1S/C20H29N3O3/c1-3-4-5-6-7-8-9-10-20(24)26-16-17-15-23(22-21-17)18-11-13-19(25-2)14-12-18/h11-15H,3-10,16H2,1-2H3. The zero-order valence-corrected chi connectivity index (χ0v) is 15.8. The van der Waals surface area contributed by atoms with Crippen LogP contribution in [0.1, 0.15) is 64.0 Å². The summed E-state index contributed by atoms with van der Waals surface area (Å²) < 4.78 is 12.1. The molecule has 0 unspecified atom stereocenters. The van der Waals surface area contributed by atoms with Crippen molar-refractivity contribution in [1.29, 1.82) is 0 Å². The number of hydrogen-bond donors (Lipinski definition) is 0. The van der Waals surface area contributed by atoms with Crippen molar-refractivity contribution in [1.82, 2.24) is 15.0 Å². The molecule has 0 saturated heterocycles. The minimum absolute atomic E-state index is 0.158. The zero-order chi connectivity index (χ0) is 18.6. The second-order valence-corrected chi connectivity index (χ2v) is 6.38. The van der Waals surface area contributed by atoms with E-state index >= 15 is 0 Å². The van der Waals surface area contributed by atoms with Crippen LogP contribution in [0.3, 0.4) is 0 Å². The highest BCUT2D eigenvalue weighted by Gasteiger charge is 2.07. The quantitative estimate of drug-likeness (QED) is 0.413. The number of benzene rings is 1. The number of nitrogens with zero attached hydrogens (tertiary/aromatic N) is 3. The van der Waals surface area contributed by atoms with E-state index in [-0.39, 0.29) is 12.6 Å². The fraction of sp³-hybridized carbons (Fsp3) is 0.550. The van der Waals surface area contributed by atoms with Gasteiger partial charge >= 0.3 is 5.97 Å². The third-order valence-corrected chi connectivity index (χ3v) is 4.24.